The van der Waals surface area contributed by atoms with Crippen molar-refractivity contribution >= 4 is 73.2 Å². The molecule has 2 atom stereocenters. The van der Waals surface area contributed by atoms with Crippen molar-refractivity contribution in [3.05, 3.63) is 0 Å². The van der Waals surface area contributed by atoms with Crippen molar-refractivity contribution in [2.75, 3.05) is 25.6 Å². The number of hydrogen-bond acceptors (Lipinski definition) is 5. The van der Waals surface area contributed by atoms with Gasteiger partial charge in [-0.25, -0.2) is 0 Å². The fourth-order valence-corrected chi connectivity index (χ4v) is 2.46. The van der Waals surface area contributed by atoms with E-state index in [1.807, 2.05) is 12.5 Å². The van der Waals surface area contributed by atoms with Gasteiger partial charge < -0.3 is 15.5 Å². The van der Waals surface area contributed by atoms with Crippen LogP contribution in [-0.2, 0) is 9.59 Å². The zero-order valence-electron chi connectivity index (χ0n) is 10.0. The molecule has 5 nitrogen and oxygen atoms in total. The Labute approximate surface area is 146 Å². The van der Waals surface area contributed by atoms with Crippen LogP contribution in [0.5, 0.6) is 0 Å². The molecular weight excluding hydrogens is 302 g/mol. The Morgan fingerprint density at radius 1 is 1.00 bits per heavy atom. The first-order chi connectivity index (χ1) is 7.99. The number of hydrogen-bond donors (Lipinski definition) is 3. The van der Waals surface area contributed by atoms with Crippen LogP contribution in [0.25, 0.3) is 0 Å². The van der Waals surface area contributed by atoms with Crippen LogP contribution in [0.1, 0.15) is 12.8 Å². The molecule has 0 bridgehead atoms. The monoisotopic (exact) mass is 323 g/mol. The molecule has 0 aromatic rings. The van der Waals surface area contributed by atoms with Gasteiger partial charge in [-0.3, -0.25) is 9.59 Å². The number of aliphatic carboxylic acids is 2. The maximum atomic E-state index is 10.5. The second-order valence-corrected chi connectivity index (χ2v) is 5.85. The molecule has 0 aliphatic rings. The van der Waals surface area contributed by atoms with Crippen molar-refractivity contribution in [3.8, 4) is 0 Å². The Kier molecular flexibility index (Phi) is 15.1. The molecule has 0 fully saturated rings. The van der Waals surface area contributed by atoms with E-state index in [2.05, 4.69) is 5.32 Å². The van der Waals surface area contributed by atoms with Gasteiger partial charge in [-0.1, -0.05) is 0 Å². The zero-order valence-corrected chi connectivity index (χ0v) is 11.6. The number of thioether (sulfide) groups is 2. The summed E-state index contributed by atoms with van der Waals surface area (Å²) in [6.07, 6.45) is 3.99. The standard InChI is InChI=1S/C10H19NO4S2.Ca.2H/c1-16-7(3-9(12)13)5-11-6-8(17-2)4-10(14)15;;;/h7-8,11H,3-6H2,1-2H3,(H,12,13)(H,14,15);;;. The summed E-state index contributed by atoms with van der Waals surface area (Å²) in [5, 5.41) is 20.5. The summed E-state index contributed by atoms with van der Waals surface area (Å²) >= 11 is 3.01. The number of carboxylic acids is 2. The van der Waals surface area contributed by atoms with Gasteiger partial charge in [0, 0.05) is 23.6 Å². The summed E-state index contributed by atoms with van der Waals surface area (Å²) < 4.78 is 0. The first-order valence-corrected chi connectivity index (χ1v) is 7.77. The van der Waals surface area contributed by atoms with Gasteiger partial charge in [0.1, 0.15) is 0 Å². The Bertz CT molecular complexity index is 232. The summed E-state index contributed by atoms with van der Waals surface area (Å²) in [7, 11) is 0. The maximum absolute atomic E-state index is 10.5. The van der Waals surface area contributed by atoms with E-state index in [0.29, 0.717) is 13.1 Å². The molecule has 104 valence electrons. The predicted octanol–water partition coefficient (Wildman–Crippen LogP) is 0.0724. The van der Waals surface area contributed by atoms with Crippen LogP contribution in [0.2, 0.25) is 0 Å². The minimum absolute atomic E-state index is 0. The van der Waals surface area contributed by atoms with Crippen LogP contribution < -0.4 is 5.32 Å². The Morgan fingerprint density at radius 2 is 1.33 bits per heavy atom. The molecule has 3 N–H and O–H groups in total. The third kappa shape index (κ3) is 11.9. The van der Waals surface area contributed by atoms with E-state index in [4.69, 9.17) is 10.2 Å². The fourth-order valence-electron chi connectivity index (χ4n) is 1.27. The second kappa shape index (κ2) is 12.9. The van der Waals surface area contributed by atoms with E-state index < -0.39 is 11.9 Å². The molecule has 8 heteroatoms. The van der Waals surface area contributed by atoms with Gasteiger partial charge in [0.05, 0.1) is 12.8 Å². The third-order valence-electron chi connectivity index (χ3n) is 2.22. The van der Waals surface area contributed by atoms with Gasteiger partial charge in [-0.2, -0.15) is 23.5 Å². The number of carbonyl (C=O) groups is 2. The Balaban J connectivity index is 0. The minimum atomic E-state index is -0.807. The Hall–Kier alpha value is 0.860. The first kappa shape index (κ1) is 21.2. The predicted molar refractivity (Wildman–Crippen MR) is 80.5 cm³/mol. The van der Waals surface area contributed by atoms with Crippen LogP contribution >= 0.6 is 23.5 Å². The molecule has 18 heavy (non-hydrogen) atoms. The molecule has 0 amide bonds. The van der Waals surface area contributed by atoms with Gasteiger partial charge in [-0.15, -0.1) is 0 Å². The van der Waals surface area contributed by atoms with Crippen LogP contribution in [-0.4, -0.2) is 96.0 Å². The van der Waals surface area contributed by atoms with Crippen molar-refractivity contribution in [2.45, 2.75) is 23.3 Å². The fraction of sp³-hybridized carbons (Fsp3) is 0.800. The summed E-state index contributed by atoms with van der Waals surface area (Å²) in [5.41, 5.74) is 0. The molecule has 0 radical (unpaired) electrons. The molecule has 0 spiro atoms. The van der Waals surface area contributed by atoms with Crippen molar-refractivity contribution in [1.82, 2.24) is 5.32 Å². The Morgan fingerprint density at radius 3 is 1.56 bits per heavy atom. The molecule has 2 unspecified atom stereocenters. The van der Waals surface area contributed by atoms with Gasteiger partial charge >= 0.3 is 49.7 Å². The van der Waals surface area contributed by atoms with Gasteiger partial charge in [0.25, 0.3) is 0 Å². The molecule has 0 saturated carbocycles. The molecule has 0 aliphatic carbocycles. The molecular formula is C10H21CaNO4S2. The first-order valence-electron chi connectivity index (χ1n) is 5.19. The van der Waals surface area contributed by atoms with E-state index >= 15 is 0 Å². The van der Waals surface area contributed by atoms with E-state index in [1.54, 1.807) is 0 Å². The summed E-state index contributed by atoms with van der Waals surface area (Å²) in [6, 6.07) is 0. The van der Waals surface area contributed by atoms with Gasteiger partial charge in [0.15, 0.2) is 0 Å². The van der Waals surface area contributed by atoms with Crippen molar-refractivity contribution in [3.63, 3.8) is 0 Å². The van der Waals surface area contributed by atoms with E-state index in [-0.39, 0.29) is 61.1 Å². The number of carboxylic acid groups (broad SMARTS) is 2. The molecule has 0 aromatic carbocycles. The quantitative estimate of drug-likeness (QED) is 0.491. The second-order valence-electron chi connectivity index (χ2n) is 3.57. The van der Waals surface area contributed by atoms with E-state index in [0.717, 1.165) is 0 Å². The molecule has 0 rings (SSSR count). The van der Waals surface area contributed by atoms with Crippen LogP contribution in [0.15, 0.2) is 0 Å². The van der Waals surface area contributed by atoms with E-state index in [1.165, 1.54) is 23.5 Å². The van der Waals surface area contributed by atoms with Gasteiger partial charge in [0.2, 0.25) is 0 Å². The number of rotatable bonds is 10. The average Bonchev–Trinajstić information content (AvgIpc) is 2.25. The average molecular weight is 323 g/mol. The van der Waals surface area contributed by atoms with E-state index in [9.17, 15) is 9.59 Å². The molecule has 0 aliphatic heterocycles. The topological polar surface area (TPSA) is 86.6 Å². The van der Waals surface area contributed by atoms with Crippen molar-refractivity contribution < 1.29 is 19.8 Å². The summed E-state index contributed by atoms with van der Waals surface area (Å²) in [5.74, 6) is -1.61. The van der Waals surface area contributed by atoms with Crippen LogP contribution in [0, 0.1) is 0 Å². The summed E-state index contributed by atoms with van der Waals surface area (Å²) in [6.45, 7) is 1.17. The van der Waals surface area contributed by atoms with Gasteiger partial charge in [-0.05, 0) is 12.5 Å². The zero-order chi connectivity index (χ0) is 13.3. The molecule has 0 saturated heterocycles. The van der Waals surface area contributed by atoms with Crippen LogP contribution in [0.4, 0.5) is 0 Å². The van der Waals surface area contributed by atoms with Crippen molar-refractivity contribution in [1.29, 1.82) is 0 Å². The third-order valence-corrected chi connectivity index (χ3v) is 4.22. The molecule has 0 heterocycles. The van der Waals surface area contributed by atoms with Crippen LogP contribution in [0.3, 0.4) is 0 Å². The normalized spacial score (nSPS) is 13.4. The number of nitrogens with one attached hydrogen (secondary N) is 1. The summed E-state index contributed by atoms with van der Waals surface area (Å²) in [4.78, 5) is 21.1. The van der Waals surface area contributed by atoms with Crippen molar-refractivity contribution in [2.24, 2.45) is 0 Å². The molecule has 0 aromatic heterocycles. The SMILES string of the molecule is CSC(CNCC(CC(=O)O)SC)CC(=O)O.[CaH2].